The number of benzene rings is 2. The highest BCUT2D eigenvalue weighted by atomic mass is 16.5. The van der Waals surface area contributed by atoms with E-state index in [1.807, 2.05) is 36.4 Å². The lowest BCUT2D eigenvalue weighted by atomic mass is 9.95. The summed E-state index contributed by atoms with van der Waals surface area (Å²) in [4.78, 5) is 0. The maximum atomic E-state index is 10.5. The van der Waals surface area contributed by atoms with Crippen LogP contribution in [0.1, 0.15) is 37.8 Å². The molecule has 0 aliphatic rings. The first-order valence-electron chi connectivity index (χ1n) is 12.3. The first-order chi connectivity index (χ1) is 17.3. The lowest BCUT2D eigenvalue weighted by Gasteiger charge is -2.28. The Bertz CT molecular complexity index is 878. The molecule has 0 spiro atoms. The van der Waals surface area contributed by atoms with Crippen LogP contribution < -0.4 is 24.3 Å². The first-order valence-corrected chi connectivity index (χ1v) is 12.3. The minimum atomic E-state index is -0.637. The van der Waals surface area contributed by atoms with Crippen LogP contribution in [0.5, 0.6) is 23.0 Å². The van der Waals surface area contributed by atoms with Crippen LogP contribution in [0, 0.1) is 0 Å². The third-order valence-corrected chi connectivity index (χ3v) is 5.90. The van der Waals surface area contributed by atoms with Gasteiger partial charge in [0, 0.05) is 24.8 Å². The van der Waals surface area contributed by atoms with E-state index in [2.05, 4.69) is 19.2 Å². The fourth-order valence-electron chi connectivity index (χ4n) is 3.83. The Morgan fingerprint density at radius 1 is 0.917 bits per heavy atom. The molecule has 0 heterocycles. The third kappa shape index (κ3) is 9.85. The molecule has 2 rings (SSSR count). The van der Waals surface area contributed by atoms with Gasteiger partial charge in [-0.2, -0.15) is 0 Å². The van der Waals surface area contributed by atoms with Crippen molar-refractivity contribution in [1.29, 1.82) is 0 Å². The number of rotatable bonds is 18. The Balaban J connectivity index is 1.78. The van der Waals surface area contributed by atoms with Crippen molar-refractivity contribution in [3.05, 3.63) is 47.5 Å². The maximum absolute atomic E-state index is 10.5. The average Bonchev–Trinajstić information content (AvgIpc) is 2.88. The van der Waals surface area contributed by atoms with E-state index >= 15 is 0 Å². The first kappa shape index (κ1) is 29.7. The summed E-state index contributed by atoms with van der Waals surface area (Å²) in [7, 11) is 6.50. The van der Waals surface area contributed by atoms with Crippen molar-refractivity contribution in [3.8, 4) is 23.0 Å². The zero-order valence-corrected chi connectivity index (χ0v) is 22.6. The molecule has 0 aromatic heterocycles. The summed E-state index contributed by atoms with van der Waals surface area (Å²) in [5, 5.41) is 14.0. The third-order valence-electron chi connectivity index (χ3n) is 5.90. The highest BCUT2D eigenvalue weighted by molar-refractivity contribution is 5.53. The van der Waals surface area contributed by atoms with Crippen molar-refractivity contribution >= 4 is 0 Å². The zero-order valence-electron chi connectivity index (χ0n) is 22.6. The summed E-state index contributed by atoms with van der Waals surface area (Å²) in [6.07, 6.45) is 2.12. The Labute approximate surface area is 215 Å². The molecule has 202 valence electrons. The predicted octanol–water partition coefficient (Wildman–Crippen LogP) is 4.01. The average molecular weight is 506 g/mol. The number of hydrogen-bond donors (Lipinski definition) is 2. The molecule has 0 saturated carbocycles. The van der Waals surface area contributed by atoms with Crippen LogP contribution in [0.2, 0.25) is 0 Å². The summed E-state index contributed by atoms with van der Waals surface area (Å²) in [5.41, 5.74) is 1.92. The van der Waals surface area contributed by atoms with E-state index in [1.54, 1.807) is 28.4 Å². The van der Waals surface area contributed by atoms with Gasteiger partial charge in [-0.3, -0.25) is 0 Å². The number of β-amino-alcohol motifs (C(OH)–C–C–N with tert-alkyl or cyclic N) is 1. The SMILES string of the molecule is COCCOCc1ccccc1OCC(O)CNC(C)(C)CCCc1cc(OC)c(OC)c(OC)c1. The quantitative estimate of drug-likeness (QED) is 0.294. The summed E-state index contributed by atoms with van der Waals surface area (Å²) in [6, 6.07) is 11.7. The standard InChI is InChI=1S/C28H43NO7/c1-28(2,13-9-10-21-16-25(32-4)27(34-6)26(17-21)33-5)29-18-23(30)20-36-24-12-8-7-11-22(24)19-35-15-14-31-3/h7-8,11-12,16-17,23,29-30H,9-10,13-15,18-20H2,1-6H3. The van der Waals surface area contributed by atoms with Crippen LogP contribution in [0.3, 0.4) is 0 Å². The van der Waals surface area contributed by atoms with Crippen LogP contribution in [0.25, 0.3) is 0 Å². The molecule has 8 nitrogen and oxygen atoms in total. The van der Waals surface area contributed by atoms with Gasteiger partial charge in [-0.15, -0.1) is 0 Å². The van der Waals surface area contributed by atoms with E-state index in [1.165, 1.54) is 0 Å². The Kier molecular flexibility index (Phi) is 12.8. The van der Waals surface area contributed by atoms with Crippen molar-refractivity contribution in [1.82, 2.24) is 5.32 Å². The highest BCUT2D eigenvalue weighted by Gasteiger charge is 2.20. The number of aryl methyl sites for hydroxylation is 1. The Morgan fingerprint density at radius 2 is 1.61 bits per heavy atom. The van der Waals surface area contributed by atoms with Gasteiger partial charge in [-0.1, -0.05) is 18.2 Å². The molecule has 1 unspecified atom stereocenters. The maximum Gasteiger partial charge on any atom is 0.203 e. The molecule has 0 radical (unpaired) electrons. The number of methoxy groups -OCH3 is 4. The van der Waals surface area contributed by atoms with Gasteiger partial charge in [0.05, 0.1) is 41.2 Å². The molecule has 2 aromatic rings. The van der Waals surface area contributed by atoms with Gasteiger partial charge in [-0.25, -0.2) is 0 Å². The molecule has 0 aliphatic carbocycles. The van der Waals surface area contributed by atoms with Crippen LogP contribution in [0.15, 0.2) is 36.4 Å². The Hall–Kier alpha value is -2.52. The molecule has 1 atom stereocenters. The molecule has 0 aliphatic heterocycles. The van der Waals surface area contributed by atoms with Crippen LogP contribution in [-0.2, 0) is 22.5 Å². The molecule has 2 aromatic carbocycles. The number of aliphatic hydroxyl groups is 1. The second-order valence-corrected chi connectivity index (χ2v) is 9.27. The van der Waals surface area contributed by atoms with Crippen molar-refractivity contribution in [2.24, 2.45) is 0 Å². The predicted molar refractivity (Wildman–Crippen MR) is 141 cm³/mol. The molecule has 2 N–H and O–H groups in total. The van der Waals surface area contributed by atoms with Gasteiger partial charge >= 0.3 is 0 Å². The number of para-hydroxylation sites is 1. The molecule has 0 saturated heterocycles. The van der Waals surface area contributed by atoms with Crippen LogP contribution in [-0.4, -0.2) is 71.6 Å². The van der Waals surface area contributed by atoms with Crippen molar-refractivity contribution in [3.63, 3.8) is 0 Å². The topological polar surface area (TPSA) is 87.6 Å². The van der Waals surface area contributed by atoms with Crippen LogP contribution in [0.4, 0.5) is 0 Å². The normalized spacial score (nSPS) is 12.3. The van der Waals surface area contributed by atoms with E-state index in [9.17, 15) is 5.11 Å². The smallest absolute Gasteiger partial charge is 0.203 e. The zero-order chi connectivity index (χ0) is 26.4. The number of ether oxygens (including phenoxy) is 6. The van der Waals surface area contributed by atoms with Gasteiger partial charge < -0.3 is 38.8 Å². The van der Waals surface area contributed by atoms with E-state index in [0.717, 1.165) is 36.1 Å². The Morgan fingerprint density at radius 3 is 2.25 bits per heavy atom. The van der Waals surface area contributed by atoms with Crippen molar-refractivity contribution < 1.29 is 33.5 Å². The van der Waals surface area contributed by atoms with Crippen molar-refractivity contribution in [2.45, 2.75) is 51.4 Å². The van der Waals surface area contributed by atoms with E-state index in [0.29, 0.717) is 43.6 Å². The molecule has 8 heteroatoms. The lowest BCUT2D eigenvalue weighted by molar-refractivity contribution is 0.0588. The monoisotopic (exact) mass is 505 g/mol. The van der Waals surface area contributed by atoms with Gasteiger partial charge in [0.1, 0.15) is 18.5 Å². The molecule has 0 bridgehead atoms. The van der Waals surface area contributed by atoms with Crippen molar-refractivity contribution in [2.75, 3.05) is 54.8 Å². The molecule has 0 amide bonds. The summed E-state index contributed by atoms with van der Waals surface area (Å²) in [6.45, 7) is 6.42. The summed E-state index contributed by atoms with van der Waals surface area (Å²) < 4.78 is 32.8. The largest absolute Gasteiger partial charge is 0.493 e. The van der Waals surface area contributed by atoms with E-state index < -0.39 is 6.10 Å². The van der Waals surface area contributed by atoms with Gasteiger partial charge in [-0.05, 0) is 56.9 Å². The lowest BCUT2D eigenvalue weighted by Crippen LogP contribution is -2.44. The molecular formula is C28H43NO7. The summed E-state index contributed by atoms with van der Waals surface area (Å²) >= 11 is 0. The molecule has 0 fully saturated rings. The van der Waals surface area contributed by atoms with Gasteiger partial charge in [0.2, 0.25) is 5.75 Å². The molecular weight excluding hydrogens is 462 g/mol. The van der Waals surface area contributed by atoms with Crippen LogP contribution >= 0.6 is 0 Å². The fourth-order valence-corrected chi connectivity index (χ4v) is 3.83. The second kappa shape index (κ2) is 15.6. The second-order valence-electron chi connectivity index (χ2n) is 9.27. The number of hydrogen-bond acceptors (Lipinski definition) is 8. The fraction of sp³-hybridized carbons (Fsp3) is 0.571. The van der Waals surface area contributed by atoms with Gasteiger partial charge in [0.25, 0.3) is 0 Å². The summed E-state index contributed by atoms with van der Waals surface area (Å²) in [5.74, 6) is 2.65. The minimum Gasteiger partial charge on any atom is -0.493 e. The molecule has 36 heavy (non-hydrogen) atoms. The highest BCUT2D eigenvalue weighted by Crippen LogP contribution is 2.38. The van der Waals surface area contributed by atoms with Gasteiger partial charge in [0.15, 0.2) is 11.5 Å². The van der Waals surface area contributed by atoms with E-state index in [4.69, 9.17) is 28.4 Å². The number of nitrogens with one attached hydrogen (secondary N) is 1. The van der Waals surface area contributed by atoms with E-state index in [-0.39, 0.29) is 12.1 Å². The minimum absolute atomic E-state index is 0.144. The number of aliphatic hydroxyl groups excluding tert-OH is 1.